The highest BCUT2D eigenvalue weighted by molar-refractivity contribution is 5.91. The van der Waals surface area contributed by atoms with Gasteiger partial charge in [-0.05, 0) is 112 Å². The minimum absolute atomic E-state index is 0.0134. The van der Waals surface area contributed by atoms with Crippen molar-refractivity contribution >= 4 is 41.1 Å². The first-order valence-corrected chi connectivity index (χ1v) is 17.0. The molecule has 276 valence electrons. The highest BCUT2D eigenvalue weighted by Gasteiger charge is 2.35. The summed E-state index contributed by atoms with van der Waals surface area (Å²) in [6.45, 7) is 15.8. The summed E-state index contributed by atoms with van der Waals surface area (Å²) >= 11 is 0. The third-order valence-electron chi connectivity index (χ3n) is 6.99. The van der Waals surface area contributed by atoms with Gasteiger partial charge in [-0.15, -0.1) is 0 Å². The fourth-order valence-corrected chi connectivity index (χ4v) is 4.93. The lowest BCUT2D eigenvalue weighted by atomic mass is 9.83. The molecule has 0 aliphatic heterocycles. The molecule has 0 atom stereocenters. The van der Waals surface area contributed by atoms with Crippen LogP contribution in [0.3, 0.4) is 0 Å². The predicted molar refractivity (Wildman–Crippen MR) is 190 cm³/mol. The number of nitrogen functional groups attached to an aromatic ring is 1. The summed E-state index contributed by atoms with van der Waals surface area (Å²) in [6.07, 6.45) is 3.44. The van der Waals surface area contributed by atoms with E-state index in [1.807, 2.05) is 0 Å². The minimum Gasteiger partial charge on any atom is -0.460 e. The van der Waals surface area contributed by atoms with Crippen molar-refractivity contribution in [2.75, 3.05) is 11.1 Å². The lowest BCUT2D eigenvalue weighted by Crippen LogP contribution is -2.50. The average molecular weight is 698 g/mol. The second-order valence-electron chi connectivity index (χ2n) is 15.4. The Morgan fingerprint density at radius 1 is 0.600 bits per heavy atom. The number of nitrogens with zero attached hydrogens (tertiary/aromatic N) is 2. The average Bonchev–Trinajstić information content (AvgIpc) is 2.96. The normalized spacial score (nSPS) is 12.1. The molecule has 0 bridgehead atoms. The van der Waals surface area contributed by atoms with E-state index in [4.69, 9.17) is 19.9 Å². The van der Waals surface area contributed by atoms with E-state index in [1.54, 1.807) is 86.6 Å². The molecule has 0 aliphatic rings. The Kier molecular flexibility index (Phi) is 14.9. The summed E-state index contributed by atoms with van der Waals surface area (Å²) < 4.78 is 16.5. The molecule has 0 saturated heterocycles. The maximum atomic E-state index is 13.4. The van der Waals surface area contributed by atoms with Crippen LogP contribution in [-0.4, -0.2) is 62.0 Å². The number of hydrogen-bond donors (Lipinski definition) is 3. The van der Waals surface area contributed by atoms with Crippen LogP contribution < -0.4 is 16.4 Å². The van der Waals surface area contributed by atoms with Gasteiger partial charge in [-0.3, -0.25) is 33.9 Å². The van der Waals surface area contributed by atoms with E-state index in [-0.39, 0.29) is 63.7 Å². The molecule has 0 unspecified atom stereocenters. The number of rotatable bonds is 16. The van der Waals surface area contributed by atoms with Crippen LogP contribution in [0.15, 0.2) is 36.7 Å². The van der Waals surface area contributed by atoms with Crippen molar-refractivity contribution < 1.29 is 38.2 Å². The van der Waals surface area contributed by atoms with Crippen LogP contribution in [-0.2, 0) is 38.2 Å². The molecule has 50 heavy (non-hydrogen) atoms. The van der Waals surface area contributed by atoms with Gasteiger partial charge in [0.15, 0.2) is 0 Å². The first-order chi connectivity index (χ1) is 23.0. The smallest absolute Gasteiger partial charge is 0.306 e. The maximum Gasteiger partial charge on any atom is 0.306 e. The second kappa shape index (κ2) is 17.9. The van der Waals surface area contributed by atoms with Crippen molar-refractivity contribution in [1.29, 1.82) is 0 Å². The van der Waals surface area contributed by atoms with E-state index in [2.05, 4.69) is 20.6 Å². The second-order valence-corrected chi connectivity index (χ2v) is 15.4. The van der Waals surface area contributed by atoms with Gasteiger partial charge in [0.2, 0.25) is 11.8 Å². The fourth-order valence-electron chi connectivity index (χ4n) is 4.93. The van der Waals surface area contributed by atoms with Gasteiger partial charge in [-0.2, -0.15) is 0 Å². The number of hydrogen-bond acceptors (Lipinski definition) is 11. The van der Waals surface area contributed by atoms with Crippen molar-refractivity contribution in [3.05, 3.63) is 36.7 Å². The lowest BCUT2D eigenvalue weighted by molar-refractivity contribution is -0.156. The van der Waals surface area contributed by atoms with Crippen LogP contribution in [0.1, 0.15) is 120 Å². The minimum atomic E-state index is -1.14. The predicted octanol–water partition coefficient (Wildman–Crippen LogP) is 6.06. The first-order valence-electron chi connectivity index (χ1n) is 17.0. The Labute approximate surface area is 295 Å². The molecule has 0 spiro atoms. The number of pyridine rings is 2. The molecule has 0 aliphatic carbocycles. The van der Waals surface area contributed by atoms with Gasteiger partial charge in [-0.25, -0.2) is 0 Å². The largest absolute Gasteiger partial charge is 0.460 e. The number of aromatic nitrogens is 2. The molecular weight excluding hydrogens is 642 g/mol. The fraction of sp³-hybridized carbons (Fsp3) is 0.595. The van der Waals surface area contributed by atoms with E-state index in [1.165, 1.54) is 12.4 Å². The summed E-state index contributed by atoms with van der Waals surface area (Å²) in [4.78, 5) is 73.0. The van der Waals surface area contributed by atoms with Crippen molar-refractivity contribution in [3.8, 4) is 11.4 Å². The zero-order valence-corrected chi connectivity index (χ0v) is 31.1. The Balaban J connectivity index is 2.13. The first kappa shape index (κ1) is 41.6. The molecule has 2 amide bonds. The van der Waals surface area contributed by atoms with Crippen LogP contribution in [0.2, 0.25) is 0 Å². The Morgan fingerprint density at radius 2 is 1.02 bits per heavy atom. The van der Waals surface area contributed by atoms with E-state index in [0.717, 1.165) is 0 Å². The number of esters is 3. The summed E-state index contributed by atoms with van der Waals surface area (Å²) in [5, 5.41) is 5.79. The van der Waals surface area contributed by atoms with Crippen molar-refractivity contribution in [2.24, 2.45) is 0 Å². The Morgan fingerprint density at radius 3 is 1.40 bits per heavy atom. The summed E-state index contributed by atoms with van der Waals surface area (Å²) in [6, 6.07) is 6.91. The number of anilines is 2. The molecule has 0 radical (unpaired) electrons. The van der Waals surface area contributed by atoms with E-state index in [0.29, 0.717) is 22.8 Å². The van der Waals surface area contributed by atoms with Gasteiger partial charge in [0.05, 0.1) is 35.2 Å². The van der Waals surface area contributed by atoms with E-state index < -0.39 is 46.2 Å². The van der Waals surface area contributed by atoms with Crippen LogP contribution in [0.25, 0.3) is 11.4 Å². The van der Waals surface area contributed by atoms with Crippen LogP contribution >= 0.6 is 0 Å². The lowest BCUT2D eigenvalue weighted by Gasteiger charge is -2.36. The monoisotopic (exact) mass is 697 g/mol. The number of nitrogens with two attached hydrogens (primary N) is 1. The Bertz CT molecular complexity index is 1370. The van der Waals surface area contributed by atoms with Crippen molar-refractivity contribution in [2.45, 2.75) is 142 Å². The van der Waals surface area contributed by atoms with Crippen LogP contribution in [0.4, 0.5) is 11.4 Å². The third-order valence-corrected chi connectivity index (χ3v) is 6.99. The quantitative estimate of drug-likeness (QED) is 0.137. The number of amides is 2. The molecule has 4 N–H and O–H groups in total. The topological polar surface area (TPSA) is 189 Å². The van der Waals surface area contributed by atoms with E-state index in [9.17, 15) is 24.0 Å². The van der Waals surface area contributed by atoms with Gasteiger partial charge < -0.3 is 30.6 Å². The molecule has 2 heterocycles. The summed E-state index contributed by atoms with van der Waals surface area (Å²) in [7, 11) is 0. The molecule has 0 saturated carbocycles. The SMILES string of the molecule is CC(C)(C)OC(=O)CCC(CCC(=O)OC(C)(C)C)(CCC(=O)OC(C)(C)C)NC(=O)CCCC(=O)Nc1ccc(-c2ccc(N)cn2)nc1. The van der Waals surface area contributed by atoms with Gasteiger partial charge in [0.25, 0.3) is 0 Å². The van der Waals surface area contributed by atoms with Crippen molar-refractivity contribution in [1.82, 2.24) is 15.3 Å². The van der Waals surface area contributed by atoms with Gasteiger partial charge >= 0.3 is 17.9 Å². The third kappa shape index (κ3) is 17.2. The van der Waals surface area contributed by atoms with Gasteiger partial charge in [-0.1, -0.05) is 0 Å². The number of ether oxygens (including phenoxy) is 3. The van der Waals surface area contributed by atoms with Gasteiger partial charge in [0.1, 0.15) is 16.8 Å². The highest BCUT2D eigenvalue weighted by atomic mass is 16.6. The van der Waals surface area contributed by atoms with E-state index >= 15 is 0 Å². The zero-order chi connectivity index (χ0) is 37.8. The highest BCUT2D eigenvalue weighted by Crippen LogP contribution is 2.29. The molecule has 13 nitrogen and oxygen atoms in total. The molecule has 2 rings (SSSR count). The summed E-state index contributed by atoms with van der Waals surface area (Å²) in [5.41, 5.74) is 4.68. The Hall–Kier alpha value is -4.55. The zero-order valence-electron chi connectivity index (χ0n) is 31.1. The summed E-state index contributed by atoms with van der Waals surface area (Å²) in [5.74, 6) is -2.12. The molecule has 2 aromatic rings. The molecular formula is C37H55N5O8. The molecule has 0 fully saturated rings. The number of nitrogens with one attached hydrogen (secondary N) is 2. The van der Waals surface area contributed by atoms with Crippen LogP contribution in [0, 0.1) is 0 Å². The van der Waals surface area contributed by atoms with Crippen molar-refractivity contribution in [3.63, 3.8) is 0 Å². The van der Waals surface area contributed by atoms with Crippen LogP contribution in [0.5, 0.6) is 0 Å². The molecule has 2 aromatic heterocycles. The number of carbonyl (C=O) groups is 5. The maximum absolute atomic E-state index is 13.4. The number of carbonyl (C=O) groups excluding carboxylic acids is 5. The van der Waals surface area contributed by atoms with Gasteiger partial charge in [0, 0.05) is 37.6 Å². The molecule has 13 heteroatoms. The standard InChI is InChI=1S/C37H55N5O8/c1-34(2,3)48-31(45)17-20-37(21-18-32(46)49-35(4,5)6,22-19-33(47)50-36(7,8)9)42-30(44)12-10-11-29(43)41-26-14-16-28(40-24-26)27-15-13-25(38)23-39-27/h13-16,23-24H,10-12,17-22,38H2,1-9H3,(H,41,43)(H,42,44). The molecule has 0 aromatic carbocycles.